The van der Waals surface area contributed by atoms with Crippen LogP contribution in [0.4, 0.5) is 11.4 Å². The maximum atomic E-state index is 12.8. The van der Waals surface area contributed by atoms with Crippen LogP contribution in [-0.2, 0) is 24.3 Å². The van der Waals surface area contributed by atoms with E-state index in [2.05, 4.69) is 10.6 Å². The molecule has 10 heteroatoms. The number of nitrogens with zero attached hydrogens (tertiary/aromatic N) is 1. The van der Waals surface area contributed by atoms with E-state index in [1.54, 1.807) is 51.1 Å². The molecule has 2 aromatic carbocycles. The molecule has 0 heterocycles. The Labute approximate surface area is 200 Å². The molecule has 0 radical (unpaired) electrons. The summed E-state index contributed by atoms with van der Waals surface area (Å²) in [5.41, 5.74) is 1.77. The maximum absolute atomic E-state index is 12.8. The molecule has 1 amide bonds. The van der Waals surface area contributed by atoms with Crippen LogP contribution >= 0.6 is 0 Å². The van der Waals surface area contributed by atoms with Gasteiger partial charge in [-0.05, 0) is 48.9 Å². The van der Waals surface area contributed by atoms with E-state index in [1.807, 2.05) is 0 Å². The van der Waals surface area contributed by atoms with Crippen LogP contribution in [0.15, 0.2) is 53.4 Å². The number of carbonyl (C=O) groups excluding carboxylic acids is 2. The Morgan fingerprint density at radius 1 is 1.03 bits per heavy atom. The van der Waals surface area contributed by atoms with Crippen molar-refractivity contribution in [3.63, 3.8) is 0 Å². The highest BCUT2D eigenvalue weighted by molar-refractivity contribution is 7.89. The van der Waals surface area contributed by atoms with Crippen molar-refractivity contribution >= 4 is 39.4 Å². The molecule has 0 atom stereocenters. The Hall–Kier alpha value is -3.37. The molecule has 2 rings (SSSR count). The van der Waals surface area contributed by atoms with Crippen molar-refractivity contribution in [3.8, 4) is 5.75 Å². The summed E-state index contributed by atoms with van der Waals surface area (Å²) in [6, 6.07) is 11.5. The summed E-state index contributed by atoms with van der Waals surface area (Å²) in [5.74, 6) is -0.433. The third-order valence-electron chi connectivity index (χ3n) is 4.85. The summed E-state index contributed by atoms with van der Waals surface area (Å²) in [7, 11) is -2.24. The molecule has 0 aliphatic rings. The molecule has 0 unspecified atom stereocenters. The summed E-state index contributed by atoms with van der Waals surface area (Å²) in [5, 5.41) is 5.70. The lowest BCUT2D eigenvalue weighted by atomic mass is 10.2. The number of hydrogen-bond donors (Lipinski definition) is 2. The maximum Gasteiger partial charge on any atom is 0.330 e. The van der Waals surface area contributed by atoms with Crippen LogP contribution in [-0.4, -0.2) is 58.0 Å². The summed E-state index contributed by atoms with van der Waals surface area (Å²) >= 11 is 0. The molecule has 0 fully saturated rings. The van der Waals surface area contributed by atoms with E-state index < -0.39 is 16.0 Å². The van der Waals surface area contributed by atoms with Crippen LogP contribution in [0.2, 0.25) is 0 Å². The van der Waals surface area contributed by atoms with Gasteiger partial charge in [-0.15, -0.1) is 0 Å². The Balaban J connectivity index is 2.05. The second-order valence-corrected chi connectivity index (χ2v) is 9.00. The van der Waals surface area contributed by atoms with Crippen LogP contribution in [0.3, 0.4) is 0 Å². The number of anilines is 2. The lowest BCUT2D eigenvalue weighted by Crippen LogP contribution is -2.30. The largest absolute Gasteiger partial charge is 0.495 e. The molecule has 2 aromatic rings. The quantitative estimate of drug-likeness (QED) is 0.347. The van der Waals surface area contributed by atoms with Crippen LogP contribution in [0.5, 0.6) is 5.75 Å². The third kappa shape index (κ3) is 7.32. The number of ether oxygens (including phenoxy) is 2. The van der Waals surface area contributed by atoms with E-state index in [4.69, 9.17) is 9.47 Å². The summed E-state index contributed by atoms with van der Waals surface area (Å²) in [4.78, 5) is 24.0. The van der Waals surface area contributed by atoms with Crippen LogP contribution in [0.25, 0.3) is 6.08 Å². The molecular formula is C24H31N3O6S. The van der Waals surface area contributed by atoms with Crippen molar-refractivity contribution < 1.29 is 27.5 Å². The summed E-state index contributed by atoms with van der Waals surface area (Å²) in [6.07, 6.45) is 2.99. The Bertz CT molecular complexity index is 1110. The molecule has 0 saturated carbocycles. The molecule has 184 valence electrons. The molecule has 0 aliphatic heterocycles. The number of nitrogens with one attached hydrogen (secondary N) is 2. The van der Waals surface area contributed by atoms with Crippen molar-refractivity contribution in [2.75, 3.05) is 44.0 Å². The van der Waals surface area contributed by atoms with E-state index in [-0.39, 0.29) is 23.0 Å². The van der Waals surface area contributed by atoms with Gasteiger partial charge in [-0.2, -0.15) is 4.31 Å². The Morgan fingerprint density at radius 2 is 1.71 bits per heavy atom. The van der Waals surface area contributed by atoms with Gasteiger partial charge in [-0.1, -0.05) is 26.0 Å². The van der Waals surface area contributed by atoms with E-state index in [9.17, 15) is 18.0 Å². The highest BCUT2D eigenvalue weighted by Crippen LogP contribution is 2.29. The van der Waals surface area contributed by atoms with Crippen molar-refractivity contribution in [3.05, 3.63) is 54.1 Å². The minimum absolute atomic E-state index is 0.0474. The number of rotatable bonds is 12. The van der Waals surface area contributed by atoms with Crippen molar-refractivity contribution in [1.29, 1.82) is 0 Å². The number of carbonyl (C=O) groups is 2. The highest BCUT2D eigenvalue weighted by atomic mass is 32.2. The first-order chi connectivity index (χ1) is 16.2. The molecule has 0 saturated heterocycles. The van der Waals surface area contributed by atoms with Crippen molar-refractivity contribution in [1.82, 2.24) is 4.31 Å². The fraction of sp³-hybridized carbons (Fsp3) is 0.333. The molecule has 34 heavy (non-hydrogen) atoms. The predicted molar refractivity (Wildman–Crippen MR) is 132 cm³/mol. The van der Waals surface area contributed by atoms with Gasteiger partial charge in [0.15, 0.2) is 0 Å². The number of amides is 1. The lowest BCUT2D eigenvalue weighted by Gasteiger charge is -2.19. The van der Waals surface area contributed by atoms with E-state index >= 15 is 0 Å². The lowest BCUT2D eigenvalue weighted by molar-refractivity contribution is -0.137. The number of hydrogen-bond acceptors (Lipinski definition) is 7. The summed E-state index contributed by atoms with van der Waals surface area (Å²) in [6.45, 7) is 6.22. The average molecular weight is 490 g/mol. The number of sulfonamides is 1. The van der Waals surface area contributed by atoms with Gasteiger partial charge in [0.1, 0.15) is 5.75 Å². The number of benzene rings is 2. The van der Waals surface area contributed by atoms with Crippen LogP contribution in [0.1, 0.15) is 26.3 Å². The first-order valence-corrected chi connectivity index (χ1v) is 12.4. The Morgan fingerprint density at radius 3 is 2.29 bits per heavy atom. The van der Waals surface area contributed by atoms with Crippen molar-refractivity contribution in [2.24, 2.45) is 0 Å². The standard InChI is InChI=1S/C24H31N3O6S/c1-5-27(6-2)34(30,31)20-13-14-22(32-4)21(16-20)26-23(28)17-25-19-11-8-18(9-12-19)10-15-24(29)33-7-3/h8-16,25H,5-7,17H2,1-4H3,(H,26,28)/b15-10+. The SMILES string of the molecule is CCOC(=O)/C=C/c1ccc(NCC(=O)Nc2cc(S(=O)(=O)N(CC)CC)ccc2OC)cc1. The zero-order chi connectivity index (χ0) is 25.1. The first-order valence-electron chi connectivity index (χ1n) is 10.9. The molecule has 0 aromatic heterocycles. The fourth-order valence-corrected chi connectivity index (χ4v) is 4.59. The zero-order valence-electron chi connectivity index (χ0n) is 19.8. The minimum atomic E-state index is -3.68. The molecule has 0 spiro atoms. The first kappa shape index (κ1) is 26.9. The van der Waals surface area contributed by atoms with Gasteiger partial charge in [0.05, 0.1) is 30.8 Å². The van der Waals surface area contributed by atoms with Gasteiger partial charge in [0, 0.05) is 24.9 Å². The monoisotopic (exact) mass is 489 g/mol. The number of esters is 1. The topological polar surface area (TPSA) is 114 Å². The van der Waals surface area contributed by atoms with Crippen LogP contribution < -0.4 is 15.4 Å². The van der Waals surface area contributed by atoms with Gasteiger partial charge < -0.3 is 20.1 Å². The van der Waals surface area contributed by atoms with Gasteiger partial charge in [0.25, 0.3) is 0 Å². The predicted octanol–water partition coefficient (Wildman–Crippen LogP) is 3.35. The van der Waals surface area contributed by atoms with Crippen molar-refractivity contribution in [2.45, 2.75) is 25.7 Å². The minimum Gasteiger partial charge on any atom is -0.495 e. The highest BCUT2D eigenvalue weighted by Gasteiger charge is 2.23. The second-order valence-electron chi connectivity index (χ2n) is 7.06. The fourth-order valence-electron chi connectivity index (χ4n) is 3.10. The summed E-state index contributed by atoms with van der Waals surface area (Å²) < 4.78 is 37.1. The van der Waals surface area contributed by atoms with E-state index in [1.165, 1.54) is 35.7 Å². The van der Waals surface area contributed by atoms with E-state index in [0.29, 0.717) is 31.1 Å². The third-order valence-corrected chi connectivity index (χ3v) is 6.90. The second kappa shape index (κ2) is 12.8. The Kier molecular flexibility index (Phi) is 10.1. The van der Waals surface area contributed by atoms with Gasteiger partial charge >= 0.3 is 5.97 Å². The van der Waals surface area contributed by atoms with E-state index in [0.717, 1.165) is 5.56 Å². The van der Waals surface area contributed by atoms with Gasteiger partial charge in [0.2, 0.25) is 15.9 Å². The number of methoxy groups -OCH3 is 1. The zero-order valence-corrected chi connectivity index (χ0v) is 20.6. The smallest absolute Gasteiger partial charge is 0.330 e. The van der Waals surface area contributed by atoms with Gasteiger partial charge in [-0.25, -0.2) is 13.2 Å². The molecule has 9 nitrogen and oxygen atoms in total. The van der Waals surface area contributed by atoms with Crippen LogP contribution in [0, 0.1) is 0 Å². The van der Waals surface area contributed by atoms with Gasteiger partial charge in [-0.3, -0.25) is 4.79 Å². The molecule has 0 aliphatic carbocycles. The molecular weight excluding hydrogens is 458 g/mol. The molecule has 2 N–H and O–H groups in total. The normalized spacial score (nSPS) is 11.4. The average Bonchev–Trinajstić information content (AvgIpc) is 2.83. The molecule has 0 bridgehead atoms.